The molecule has 0 aliphatic rings. The van der Waals surface area contributed by atoms with Crippen molar-refractivity contribution in [2.45, 2.75) is 72.3 Å². The highest BCUT2D eigenvalue weighted by molar-refractivity contribution is 7.14. The number of carbonyl (C=O) groups is 3. The van der Waals surface area contributed by atoms with Gasteiger partial charge in [0.1, 0.15) is 0 Å². The van der Waals surface area contributed by atoms with Crippen LogP contribution in [0.4, 0.5) is 14.7 Å². The first-order valence-electron chi connectivity index (χ1n) is 11.2. The molecule has 0 radical (unpaired) electrons. The van der Waals surface area contributed by atoms with E-state index in [0.29, 0.717) is 18.1 Å². The highest BCUT2D eigenvalue weighted by atomic mass is 32.1. The predicted molar refractivity (Wildman–Crippen MR) is 137 cm³/mol. The first-order chi connectivity index (χ1) is 16.1. The Balaban J connectivity index is 2.18. The molecule has 2 rings (SSSR count). The molecule has 0 aliphatic heterocycles. The number of nitrogens with zero attached hydrogens (tertiary/aromatic N) is 3. The minimum atomic E-state index is -1.21. The quantitative estimate of drug-likeness (QED) is 0.381. The molecule has 0 saturated carbocycles. The summed E-state index contributed by atoms with van der Waals surface area (Å²) in [5.74, 6) is -0.173. The Kier molecular flexibility index (Phi) is 8.85. The van der Waals surface area contributed by atoms with Crippen molar-refractivity contribution in [3.05, 3.63) is 35.2 Å². The van der Waals surface area contributed by atoms with Crippen LogP contribution in [0, 0.1) is 0 Å². The smallest absolute Gasteiger partial charge is 0.410 e. The van der Waals surface area contributed by atoms with Gasteiger partial charge in [0, 0.05) is 35.5 Å². The fraction of sp³-hybridized carbons (Fsp3) is 0.500. The number of rotatable bonds is 8. The van der Waals surface area contributed by atoms with Gasteiger partial charge in [-0.15, -0.1) is 11.3 Å². The Morgan fingerprint density at radius 3 is 1.91 bits per heavy atom. The molecule has 1 aromatic carbocycles. The van der Waals surface area contributed by atoms with Gasteiger partial charge >= 0.3 is 12.2 Å². The van der Waals surface area contributed by atoms with E-state index in [1.165, 1.54) is 18.3 Å². The third-order valence-corrected chi connectivity index (χ3v) is 5.88. The first-order valence-corrected chi connectivity index (χ1v) is 12.1. The molecule has 0 unspecified atom stereocenters. The summed E-state index contributed by atoms with van der Waals surface area (Å²) in [6, 6.07) is 7.75. The van der Waals surface area contributed by atoms with Crippen molar-refractivity contribution in [2.24, 2.45) is 0 Å². The molecular weight excluding hydrogens is 470 g/mol. The summed E-state index contributed by atoms with van der Waals surface area (Å²) in [5, 5.41) is 28.1. The molecule has 3 amide bonds. The Labute approximate surface area is 210 Å². The van der Waals surface area contributed by atoms with Crippen LogP contribution in [-0.2, 0) is 11.2 Å². The van der Waals surface area contributed by atoms with E-state index >= 15 is 0 Å². The second-order valence-corrected chi connectivity index (χ2v) is 11.0. The zero-order valence-electron chi connectivity index (χ0n) is 21.2. The molecule has 0 aliphatic carbocycles. The third kappa shape index (κ3) is 7.66. The number of benzene rings is 1. The van der Waals surface area contributed by atoms with Gasteiger partial charge in [0.2, 0.25) is 5.91 Å². The van der Waals surface area contributed by atoms with Crippen molar-refractivity contribution < 1.29 is 24.6 Å². The second kappa shape index (κ2) is 11.0. The zero-order valence-corrected chi connectivity index (χ0v) is 22.1. The molecule has 35 heavy (non-hydrogen) atoms. The van der Waals surface area contributed by atoms with Crippen LogP contribution in [0.25, 0.3) is 11.3 Å². The number of nitrogens with one attached hydrogen (secondary N) is 2. The van der Waals surface area contributed by atoms with Crippen molar-refractivity contribution in [3.63, 3.8) is 0 Å². The number of aromatic nitrogens is 1. The van der Waals surface area contributed by atoms with Crippen LogP contribution in [0.3, 0.4) is 0 Å². The molecule has 192 valence electrons. The number of carboxylic acid groups (broad SMARTS) is 2. The van der Waals surface area contributed by atoms with E-state index in [-0.39, 0.29) is 5.91 Å². The maximum atomic E-state index is 12.1. The van der Waals surface area contributed by atoms with Gasteiger partial charge < -0.3 is 15.5 Å². The van der Waals surface area contributed by atoms with Crippen LogP contribution in [0.15, 0.2) is 29.6 Å². The fourth-order valence-electron chi connectivity index (χ4n) is 3.62. The number of hydrogen-bond acceptors (Lipinski definition) is 6. The van der Waals surface area contributed by atoms with Crippen molar-refractivity contribution in [1.82, 2.24) is 20.1 Å². The number of hydrogen-bond donors (Lipinski definition) is 4. The maximum absolute atomic E-state index is 12.1. The normalized spacial score (nSPS) is 11.9. The minimum absolute atomic E-state index is 0.173. The largest absolute Gasteiger partial charge is 0.465 e. The van der Waals surface area contributed by atoms with E-state index in [2.05, 4.69) is 15.6 Å². The average Bonchev–Trinajstić information content (AvgIpc) is 3.13. The molecule has 4 N–H and O–H groups in total. The number of carbonyl (C=O) groups excluding carboxylic acids is 1. The highest BCUT2D eigenvalue weighted by Gasteiger charge is 2.42. The summed E-state index contributed by atoms with van der Waals surface area (Å²) in [4.78, 5) is 42.2. The van der Waals surface area contributed by atoms with Gasteiger partial charge in [-0.05, 0) is 53.5 Å². The van der Waals surface area contributed by atoms with Crippen molar-refractivity contribution in [2.75, 3.05) is 11.9 Å². The fourth-order valence-corrected chi connectivity index (χ4v) is 4.38. The van der Waals surface area contributed by atoms with E-state index in [9.17, 15) is 24.6 Å². The zero-order chi connectivity index (χ0) is 26.6. The van der Waals surface area contributed by atoms with E-state index in [1.54, 1.807) is 41.5 Å². The number of amides is 3. The van der Waals surface area contributed by atoms with Crippen molar-refractivity contribution in [1.29, 1.82) is 0 Å². The Bertz CT molecular complexity index is 1010. The van der Waals surface area contributed by atoms with Gasteiger partial charge in [-0.25, -0.2) is 14.6 Å². The summed E-state index contributed by atoms with van der Waals surface area (Å²) in [7, 11) is 0. The summed E-state index contributed by atoms with van der Waals surface area (Å²) in [6.07, 6.45) is -2.94. The van der Waals surface area contributed by atoms with Gasteiger partial charge in [-0.2, -0.15) is 0 Å². The van der Waals surface area contributed by atoms with Crippen molar-refractivity contribution >= 4 is 34.6 Å². The van der Waals surface area contributed by atoms with Crippen LogP contribution >= 0.6 is 11.3 Å². The average molecular weight is 506 g/mol. The molecule has 10 nitrogen and oxygen atoms in total. The van der Waals surface area contributed by atoms with E-state index < -0.39 is 29.6 Å². The van der Waals surface area contributed by atoms with E-state index in [1.807, 2.05) is 29.6 Å². The SMILES string of the molecule is CC(=O)Nc1nc(-c2ccc(CCNC(N(C(=O)O)C(C)(C)C)N(C(=O)O)C(C)(C)C)cc2)cs1. The molecular formula is C24H35N5O5S. The Morgan fingerprint density at radius 2 is 1.49 bits per heavy atom. The summed E-state index contributed by atoms with van der Waals surface area (Å²) >= 11 is 1.35. The van der Waals surface area contributed by atoms with Gasteiger partial charge in [-0.1, -0.05) is 24.3 Å². The number of thiazole rings is 1. The van der Waals surface area contributed by atoms with E-state index in [0.717, 1.165) is 26.6 Å². The monoisotopic (exact) mass is 505 g/mol. The summed E-state index contributed by atoms with van der Waals surface area (Å²) < 4.78 is 0. The van der Waals surface area contributed by atoms with Gasteiger partial charge in [0.15, 0.2) is 11.4 Å². The van der Waals surface area contributed by atoms with Crippen molar-refractivity contribution in [3.8, 4) is 11.3 Å². The Morgan fingerprint density at radius 1 is 0.971 bits per heavy atom. The minimum Gasteiger partial charge on any atom is -0.465 e. The standard InChI is InChI=1S/C24H35N5O5S/c1-15(30)26-19-27-18(14-35-19)17-10-8-16(9-11-17)12-13-25-20(28(21(31)32)23(2,3)4)29(22(33)34)24(5,6)7/h8-11,14,20,25H,12-13H2,1-7H3,(H,31,32)(H,33,34)(H,26,27,30). The highest BCUT2D eigenvalue weighted by Crippen LogP contribution is 2.26. The van der Waals surface area contributed by atoms with Crippen LogP contribution in [0.5, 0.6) is 0 Å². The van der Waals surface area contributed by atoms with Gasteiger partial charge in [0.05, 0.1) is 5.69 Å². The molecule has 11 heteroatoms. The molecule has 2 aromatic rings. The third-order valence-electron chi connectivity index (χ3n) is 5.12. The lowest BCUT2D eigenvalue weighted by Crippen LogP contribution is -2.68. The van der Waals surface area contributed by atoms with Gasteiger partial charge in [0.25, 0.3) is 0 Å². The van der Waals surface area contributed by atoms with E-state index in [4.69, 9.17) is 0 Å². The maximum Gasteiger partial charge on any atom is 0.410 e. The summed E-state index contributed by atoms with van der Waals surface area (Å²) in [6.45, 7) is 12.2. The number of anilines is 1. The lowest BCUT2D eigenvalue weighted by molar-refractivity contribution is -0.114. The molecule has 0 bridgehead atoms. The molecule has 0 atom stereocenters. The van der Waals surface area contributed by atoms with Crippen LogP contribution in [0.1, 0.15) is 54.0 Å². The topological polar surface area (TPSA) is 135 Å². The second-order valence-electron chi connectivity index (χ2n) is 10.1. The lowest BCUT2D eigenvalue weighted by Gasteiger charge is -2.48. The Hall–Kier alpha value is -3.18. The molecule has 0 saturated heterocycles. The lowest BCUT2D eigenvalue weighted by atomic mass is 10.0. The predicted octanol–water partition coefficient (Wildman–Crippen LogP) is 4.74. The van der Waals surface area contributed by atoms with Crippen LogP contribution in [0.2, 0.25) is 0 Å². The molecule has 0 fully saturated rings. The van der Waals surface area contributed by atoms with Crippen LogP contribution < -0.4 is 10.6 Å². The molecule has 1 heterocycles. The summed E-state index contributed by atoms with van der Waals surface area (Å²) in [5.41, 5.74) is 0.976. The van der Waals surface area contributed by atoms with Gasteiger partial charge in [-0.3, -0.25) is 19.9 Å². The van der Waals surface area contributed by atoms with Crippen LogP contribution in [-0.4, -0.2) is 67.0 Å². The first kappa shape index (κ1) is 28.1. The molecule has 0 spiro atoms. The molecule has 1 aromatic heterocycles.